The second-order valence-electron chi connectivity index (χ2n) is 8.44. The molecule has 8 nitrogen and oxygen atoms in total. The Morgan fingerprint density at radius 1 is 1.06 bits per heavy atom. The molecule has 0 bridgehead atoms. The van der Waals surface area contributed by atoms with Crippen molar-refractivity contribution in [3.05, 3.63) is 51.3 Å². The molecule has 174 valence electrons. The van der Waals surface area contributed by atoms with E-state index in [4.69, 9.17) is 27.9 Å². The highest BCUT2D eigenvalue weighted by molar-refractivity contribution is 6.34. The van der Waals surface area contributed by atoms with Gasteiger partial charge in [-0.1, -0.05) is 36.0 Å². The second kappa shape index (κ2) is 8.83. The van der Waals surface area contributed by atoms with Crippen molar-refractivity contribution < 1.29 is 23.9 Å². The average molecular weight is 492 g/mol. The zero-order chi connectivity index (χ0) is 23.9. The summed E-state index contributed by atoms with van der Waals surface area (Å²) in [7, 11) is 0. The normalized spacial score (nSPS) is 17.0. The molecular weight excluding hydrogens is 469 g/mol. The number of carbonyl (C=O) groups is 4. The van der Waals surface area contributed by atoms with Crippen molar-refractivity contribution in [1.29, 1.82) is 0 Å². The molecule has 0 radical (unpaired) electrons. The molecule has 10 heteroatoms. The lowest BCUT2D eigenvalue weighted by molar-refractivity contribution is -0.146. The summed E-state index contributed by atoms with van der Waals surface area (Å²) in [4.78, 5) is 50.8. The first kappa shape index (κ1) is 23.3. The second-order valence-corrected chi connectivity index (χ2v) is 9.32. The number of imide groups is 1. The topological polar surface area (TPSA) is 97.7 Å². The molecule has 1 saturated carbocycles. The Hall–Kier alpha value is -2.84. The Bertz CT molecular complexity index is 1150. The van der Waals surface area contributed by atoms with Crippen LogP contribution in [0.15, 0.2) is 24.3 Å². The van der Waals surface area contributed by atoms with Crippen LogP contribution in [0.2, 0.25) is 10.0 Å². The van der Waals surface area contributed by atoms with Crippen LogP contribution in [-0.2, 0) is 14.3 Å². The van der Waals surface area contributed by atoms with Crippen LogP contribution in [0.4, 0.5) is 4.79 Å². The summed E-state index contributed by atoms with van der Waals surface area (Å²) in [6.45, 7) is 2.57. The van der Waals surface area contributed by atoms with E-state index in [1.54, 1.807) is 31.2 Å². The Kier molecular flexibility index (Phi) is 6.24. The van der Waals surface area contributed by atoms with Crippen LogP contribution < -0.4 is 5.32 Å². The van der Waals surface area contributed by atoms with E-state index in [-0.39, 0.29) is 0 Å². The van der Waals surface area contributed by atoms with Gasteiger partial charge in [0.15, 0.2) is 6.61 Å². The van der Waals surface area contributed by atoms with Crippen LogP contribution in [0.5, 0.6) is 0 Å². The first-order valence-corrected chi connectivity index (χ1v) is 11.4. The summed E-state index contributed by atoms with van der Waals surface area (Å²) in [5.74, 6) is -1.63. The number of amides is 3. The molecule has 1 aliphatic carbocycles. The number of ketones is 1. The molecule has 0 atom stereocenters. The highest BCUT2D eigenvalue weighted by atomic mass is 35.5. The van der Waals surface area contributed by atoms with Gasteiger partial charge in [0.2, 0.25) is 5.78 Å². The van der Waals surface area contributed by atoms with Crippen LogP contribution in [0.1, 0.15) is 47.4 Å². The molecule has 1 spiro atoms. The number of ether oxygens (including phenoxy) is 1. The van der Waals surface area contributed by atoms with E-state index in [9.17, 15) is 19.2 Å². The summed E-state index contributed by atoms with van der Waals surface area (Å²) < 4.78 is 6.94. The first-order valence-electron chi connectivity index (χ1n) is 10.6. The number of urea groups is 1. The van der Waals surface area contributed by atoms with Crippen LogP contribution >= 0.6 is 23.2 Å². The summed E-state index contributed by atoms with van der Waals surface area (Å²) in [6, 6.07) is 6.18. The molecule has 1 aliphatic heterocycles. The number of aromatic nitrogens is 1. The van der Waals surface area contributed by atoms with E-state index in [0.29, 0.717) is 39.8 Å². The van der Waals surface area contributed by atoms with Crippen molar-refractivity contribution in [2.75, 3.05) is 13.2 Å². The van der Waals surface area contributed by atoms with Crippen molar-refractivity contribution in [2.24, 2.45) is 0 Å². The van der Waals surface area contributed by atoms with Crippen molar-refractivity contribution >= 4 is 46.9 Å². The first-order chi connectivity index (χ1) is 15.6. The van der Waals surface area contributed by atoms with Gasteiger partial charge in [0, 0.05) is 32.7 Å². The van der Waals surface area contributed by atoms with Gasteiger partial charge in [0.05, 0.1) is 0 Å². The van der Waals surface area contributed by atoms with Gasteiger partial charge in [0.1, 0.15) is 12.1 Å². The van der Waals surface area contributed by atoms with Gasteiger partial charge in [-0.3, -0.25) is 19.3 Å². The molecule has 2 aromatic rings. The Morgan fingerprint density at radius 3 is 2.33 bits per heavy atom. The number of hydrogen-bond acceptors (Lipinski definition) is 5. The Labute approximate surface area is 200 Å². The SMILES string of the molecule is Cc1cc(C(=O)COC(=O)CN2C(=O)NC3(CCCC3)C2=O)c(C)n1-c1cc(Cl)cc(Cl)c1. The zero-order valence-electron chi connectivity index (χ0n) is 18.2. The minimum atomic E-state index is -0.895. The monoisotopic (exact) mass is 491 g/mol. The van der Waals surface area contributed by atoms with E-state index in [2.05, 4.69) is 5.32 Å². The highest BCUT2D eigenvalue weighted by Gasteiger charge is 2.52. The molecule has 33 heavy (non-hydrogen) atoms. The lowest BCUT2D eigenvalue weighted by atomic mass is 9.98. The maximum absolute atomic E-state index is 12.8. The predicted molar refractivity (Wildman–Crippen MR) is 122 cm³/mol. The standard InChI is InChI=1S/C23H23Cl2N3O5/c1-13-7-18(14(2)28(13)17-9-15(24)8-16(25)10-17)19(29)12-33-20(30)11-27-21(31)23(26-22(27)32)5-3-4-6-23/h7-10H,3-6,11-12H2,1-2H3,(H,26,32). The molecule has 3 amide bonds. The van der Waals surface area contributed by atoms with E-state index < -0.39 is 42.4 Å². The van der Waals surface area contributed by atoms with Crippen molar-refractivity contribution in [1.82, 2.24) is 14.8 Å². The number of Topliss-reactive ketones (excluding diaryl/α,β-unsaturated/α-hetero) is 1. The zero-order valence-corrected chi connectivity index (χ0v) is 19.8. The smallest absolute Gasteiger partial charge is 0.326 e. The summed E-state index contributed by atoms with van der Waals surface area (Å²) >= 11 is 12.2. The lowest BCUT2D eigenvalue weighted by Crippen LogP contribution is -2.44. The molecule has 1 aromatic heterocycles. The number of benzene rings is 1. The summed E-state index contributed by atoms with van der Waals surface area (Å²) in [6.07, 6.45) is 2.82. The summed E-state index contributed by atoms with van der Waals surface area (Å²) in [5, 5.41) is 3.64. The number of aryl methyl sites for hydroxylation is 1. The Morgan fingerprint density at radius 2 is 1.70 bits per heavy atom. The third-order valence-electron chi connectivity index (χ3n) is 6.19. The number of carbonyl (C=O) groups excluding carboxylic acids is 4. The van der Waals surface area contributed by atoms with Gasteiger partial charge >= 0.3 is 12.0 Å². The van der Waals surface area contributed by atoms with E-state index >= 15 is 0 Å². The molecule has 2 aliphatic rings. The number of nitrogens with zero attached hydrogens (tertiary/aromatic N) is 2. The van der Waals surface area contributed by atoms with Crippen molar-refractivity contribution in [3.8, 4) is 5.69 Å². The fourth-order valence-electron chi connectivity index (χ4n) is 4.65. The maximum Gasteiger partial charge on any atom is 0.326 e. The molecule has 2 heterocycles. The molecule has 4 rings (SSSR count). The third kappa shape index (κ3) is 4.37. The van der Waals surface area contributed by atoms with Gasteiger partial charge in [-0.15, -0.1) is 0 Å². The molecule has 2 fully saturated rings. The fourth-order valence-corrected chi connectivity index (χ4v) is 5.16. The van der Waals surface area contributed by atoms with Crippen LogP contribution in [-0.4, -0.2) is 51.8 Å². The number of hydrogen-bond donors (Lipinski definition) is 1. The van der Waals surface area contributed by atoms with E-state index in [1.165, 1.54) is 0 Å². The Balaban J connectivity index is 1.42. The van der Waals surface area contributed by atoms with Gasteiger partial charge in [-0.05, 0) is 51.0 Å². The van der Waals surface area contributed by atoms with Crippen molar-refractivity contribution in [3.63, 3.8) is 0 Å². The van der Waals surface area contributed by atoms with Crippen molar-refractivity contribution in [2.45, 2.75) is 45.1 Å². The number of rotatable bonds is 6. The van der Waals surface area contributed by atoms with Gasteiger partial charge in [-0.2, -0.15) is 0 Å². The number of nitrogens with one attached hydrogen (secondary N) is 1. The van der Waals surface area contributed by atoms with E-state index in [0.717, 1.165) is 23.4 Å². The average Bonchev–Trinajstić information content (AvgIpc) is 3.39. The minimum absolute atomic E-state index is 0.385. The third-order valence-corrected chi connectivity index (χ3v) is 6.63. The molecule has 0 unspecified atom stereocenters. The molecular formula is C23H23Cl2N3O5. The van der Waals surface area contributed by atoms with Crippen LogP contribution in [0, 0.1) is 13.8 Å². The van der Waals surface area contributed by atoms with Gasteiger partial charge in [0.25, 0.3) is 5.91 Å². The van der Waals surface area contributed by atoms with Crippen LogP contribution in [0.3, 0.4) is 0 Å². The lowest BCUT2D eigenvalue weighted by Gasteiger charge is -2.19. The number of esters is 1. The maximum atomic E-state index is 12.8. The highest BCUT2D eigenvalue weighted by Crippen LogP contribution is 2.35. The molecule has 1 aromatic carbocycles. The van der Waals surface area contributed by atoms with Gasteiger partial charge in [-0.25, -0.2) is 4.79 Å². The molecule has 1 N–H and O–H groups in total. The van der Waals surface area contributed by atoms with Gasteiger partial charge < -0.3 is 14.6 Å². The largest absolute Gasteiger partial charge is 0.456 e. The number of halogens is 2. The van der Waals surface area contributed by atoms with E-state index in [1.807, 2.05) is 11.5 Å². The quantitative estimate of drug-likeness (QED) is 0.374. The summed E-state index contributed by atoms with van der Waals surface area (Å²) in [5.41, 5.74) is 1.62. The fraction of sp³-hybridized carbons (Fsp3) is 0.391. The van der Waals surface area contributed by atoms with Crippen LogP contribution in [0.25, 0.3) is 5.69 Å². The predicted octanol–water partition coefficient (Wildman–Crippen LogP) is 3.99. The minimum Gasteiger partial charge on any atom is -0.456 e. The molecule has 1 saturated heterocycles.